The topological polar surface area (TPSA) is 39.2 Å². The predicted molar refractivity (Wildman–Crippen MR) is 79.1 cm³/mol. The van der Waals surface area contributed by atoms with Crippen molar-refractivity contribution in [1.29, 1.82) is 0 Å². The Morgan fingerprint density at radius 2 is 2.20 bits per heavy atom. The van der Waals surface area contributed by atoms with Crippen molar-refractivity contribution in [2.24, 2.45) is 0 Å². The number of rotatable bonds is 3. The third-order valence-corrected chi connectivity index (χ3v) is 4.47. The van der Waals surface area contributed by atoms with Gasteiger partial charge in [0, 0.05) is 22.0 Å². The van der Waals surface area contributed by atoms with E-state index < -0.39 is 0 Å². The fourth-order valence-corrected chi connectivity index (χ4v) is 3.52. The minimum Gasteiger partial charge on any atom is -0.457 e. The zero-order valence-electron chi connectivity index (χ0n) is 10.9. The van der Waals surface area contributed by atoms with Gasteiger partial charge in [0.15, 0.2) is 0 Å². The van der Waals surface area contributed by atoms with Gasteiger partial charge >= 0.3 is 5.97 Å². The summed E-state index contributed by atoms with van der Waals surface area (Å²) in [5.74, 6) is 0.393. The minimum absolute atomic E-state index is 0.283. The first-order valence-corrected chi connectivity index (χ1v) is 7.55. The number of aromatic nitrogens is 1. The molecule has 1 aromatic carbocycles. The van der Waals surface area contributed by atoms with Crippen molar-refractivity contribution in [3.63, 3.8) is 0 Å². The van der Waals surface area contributed by atoms with Crippen molar-refractivity contribution in [2.45, 2.75) is 24.3 Å². The summed E-state index contributed by atoms with van der Waals surface area (Å²) in [5.41, 5.74) is 3.45. The molecule has 3 rings (SSSR count). The first-order chi connectivity index (χ1) is 9.65. The van der Waals surface area contributed by atoms with Crippen LogP contribution in [-0.4, -0.2) is 11.0 Å². The summed E-state index contributed by atoms with van der Waals surface area (Å²) < 4.78 is 5.08. The molecule has 0 unspecified atom stereocenters. The zero-order chi connectivity index (χ0) is 14.1. The maximum Gasteiger partial charge on any atom is 0.341 e. The SMILES string of the molecule is Cc1cc2c(c(SCc3ccccc3Cl)n1)C(=O)OC2. The third kappa shape index (κ3) is 2.53. The molecule has 1 aliphatic rings. The molecule has 0 atom stereocenters. The number of carbonyl (C=O) groups excluding carboxylic acids is 1. The highest BCUT2D eigenvalue weighted by atomic mass is 35.5. The largest absolute Gasteiger partial charge is 0.457 e. The van der Waals surface area contributed by atoms with E-state index in [1.54, 1.807) is 0 Å². The van der Waals surface area contributed by atoms with Gasteiger partial charge < -0.3 is 4.74 Å². The number of aryl methyl sites for hydroxylation is 1. The summed E-state index contributed by atoms with van der Waals surface area (Å²) in [4.78, 5) is 16.2. The van der Waals surface area contributed by atoms with Crippen molar-refractivity contribution in [2.75, 3.05) is 0 Å². The van der Waals surface area contributed by atoms with Gasteiger partial charge in [-0.2, -0.15) is 0 Å². The lowest BCUT2D eigenvalue weighted by Crippen LogP contribution is -2.00. The normalized spacial score (nSPS) is 13.2. The average molecular weight is 306 g/mol. The van der Waals surface area contributed by atoms with E-state index in [0.717, 1.165) is 26.9 Å². The highest BCUT2D eigenvalue weighted by Gasteiger charge is 2.26. The number of cyclic esters (lactones) is 1. The van der Waals surface area contributed by atoms with Crippen molar-refractivity contribution < 1.29 is 9.53 Å². The molecule has 0 amide bonds. The number of halogens is 1. The van der Waals surface area contributed by atoms with Gasteiger partial charge in [0.2, 0.25) is 0 Å². The van der Waals surface area contributed by atoms with Gasteiger partial charge in [-0.15, -0.1) is 11.8 Å². The van der Waals surface area contributed by atoms with Crippen molar-refractivity contribution in [3.05, 3.63) is 57.7 Å². The maximum atomic E-state index is 11.8. The molecule has 20 heavy (non-hydrogen) atoms. The van der Waals surface area contributed by atoms with E-state index in [2.05, 4.69) is 4.98 Å². The lowest BCUT2D eigenvalue weighted by Gasteiger charge is -2.07. The lowest BCUT2D eigenvalue weighted by molar-refractivity contribution is 0.0532. The van der Waals surface area contributed by atoms with E-state index in [1.165, 1.54) is 11.8 Å². The van der Waals surface area contributed by atoms with Crippen molar-refractivity contribution in [3.8, 4) is 0 Å². The summed E-state index contributed by atoms with van der Waals surface area (Å²) in [7, 11) is 0. The first kappa shape index (κ1) is 13.5. The van der Waals surface area contributed by atoms with Crippen molar-refractivity contribution >= 4 is 29.3 Å². The van der Waals surface area contributed by atoms with Crippen LogP contribution in [0.2, 0.25) is 5.02 Å². The van der Waals surface area contributed by atoms with E-state index in [0.29, 0.717) is 17.9 Å². The second-order valence-corrected chi connectivity index (χ2v) is 5.93. The molecule has 3 nitrogen and oxygen atoms in total. The molecule has 0 saturated heterocycles. The predicted octanol–water partition coefficient (Wildman–Crippen LogP) is 4.01. The fourth-order valence-electron chi connectivity index (χ4n) is 2.12. The number of thioether (sulfide) groups is 1. The number of carbonyl (C=O) groups is 1. The van der Waals surface area contributed by atoms with Crippen LogP contribution in [0.3, 0.4) is 0 Å². The molecular weight excluding hydrogens is 294 g/mol. The molecule has 1 aromatic heterocycles. The number of fused-ring (bicyclic) bond motifs is 1. The van der Waals surface area contributed by atoms with Gasteiger partial charge in [-0.25, -0.2) is 9.78 Å². The van der Waals surface area contributed by atoms with Crippen LogP contribution in [0.4, 0.5) is 0 Å². The van der Waals surface area contributed by atoms with Crippen LogP contribution in [-0.2, 0) is 17.1 Å². The van der Waals surface area contributed by atoms with Crippen LogP contribution in [0.1, 0.15) is 27.2 Å². The van der Waals surface area contributed by atoms with Crippen LogP contribution in [0, 0.1) is 6.92 Å². The number of hydrogen-bond donors (Lipinski definition) is 0. The minimum atomic E-state index is -0.283. The standard InChI is InChI=1S/C15H12ClNO2S/c1-9-6-11-7-19-15(18)13(11)14(17-9)20-8-10-4-2-3-5-12(10)16/h2-6H,7-8H2,1H3. The molecule has 2 aromatic rings. The highest BCUT2D eigenvalue weighted by molar-refractivity contribution is 7.98. The third-order valence-electron chi connectivity index (χ3n) is 3.08. The maximum absolute atomic E-state index is 11.8. The molecule has 0 aliphatic carbocycles. The molecule has 0 spiro atoms. The van der Waals surface area contributed by atoms with E-state index in [1.807, 2.05) is 37.3 Å². The second kappa shape index (κ2) is 5.46. The van der Waals surface area contributed by atoms with Crippen molar-refractivity contribution in [1.82, 2.24) is 4.98 Å². The summed E-state index contributed by atoms with van der Waals surface area (Å²) in [5, 5.41) is 1.45. The molecule has 0 bridgehead atoms. The smallest absolute Gasteiger partial charge is 0.341 e. The Kier molecular flexibility index (Phi) is 3.68. The molecule has 2 heterocycles. The fraction of sp³-hybridized carbons (Fsp3) is 0.200. The Bertz CT molecular complexity index is 688. The van der Waals surface area contributed by atoms with Crippen LogP contribution < -0.4 is 0 Å². The lowest BCUT2D eigenvalue weighted by atomic mass is 10.1. The molecule has 0 fully saturated rings. The van der Waals surface area contributed by atoms with Crippen LogP contribution in [0.15, 0.2) is 35.4 Å². The Labute approximate surface area is 126 Å². The van der Waals surface area contributed by atoms with Gasteiger partial charge in [-0.05, 0) is 24.6 Å². The number of benzene rings is 1. The van der Waals surface area contributed by atoms with Gasteiger partial charge in [0.05, 0.1) is 5.56 Å². The van der Waals surface area contributed by atoms with Gasteiger partial charge in [-0.3, -0.25) is 0 Å². The van der Waals surface area contributed by atoms with Crippen LogP contribution in [0.5, 0.6) is 0 Å². The summed E-state index contributed by atoms with van der Waals surface area (Å²) in [6, 6.07) is 9.59. The Balaban J connectivity index is 1.89. The Morgan fingerprint density at radius 1 is 1.40 bits per heavy atom. The molecule has 1 aliphatic heterocycles. The number of esters is 1. The van der Waals surface area contributed by atoms with Gasteiger partial charge in [-0.1, -0.05) is 29.8 Å². The second-order valence-electron chi connectivity index (χ2n) is 4.56. The van der Waals surface area contributed by atoms with E-state index in [-0.39, 0.29) is 5.97 Å². The number of ether oxygens (including phenoxy) is 1. The molecule has 0 saturated carbocycles. The highest BCUT2D eigenvalue weighted by Crippen LogP contribution is 2.32. The average Bonchev–Trinajstić information content (AvgIpc) is 2.79. The summed E-state index contributed by atoms with van der Waals surface area (Å²) in [6.07, 6.45) is 0. The van der Waals surface area contributed by atoms with E-state index in [4.69, 9.17) is 16.3 Å². The monoisotopic (exact) mass is 305 g/mol. The van der Waals surface area contributed by atoms with Gasteiger partial charge in [0.1, 0.15) is 11.6 Å². The Morgan fingerprint density at radius 3 is 3.00 bits per heavy atom. The molecule has 5 heteroatoms. The Hall–Kier alpha value is -1.52. The number of hydrogen-bond acceptors (Lipinski definition) is 4. The first-order valence-electron chi connectivity index (χ1n) is 6.19. The number of nitrogens with zero attached hydrogens (tertiary/aromatic N) is 1. The van der Waals surface area contributed by atoms with E-state index in [9.17, 15) is 4.79 Å². The molecule has 102 valence electrons. The van der Waals surface area contributed by atoms with Gasteiger partial charge in [0.25, 0.3) is 0 Å². The molecule has 0 N–H and O–H groups in total. The zero-order valence-corrected chi connectivity index (χ0v) is 12.4. The number of pyridine rings is 1. The van der Waals surface area contributed by atoms with Crippen LogP contribution in [0.25, 0.3) is 0 Å². The van der Waals surface area contributed by atoms with E-state index >= 15 is 0 Å². The molecular formula is C15H12ClNO2S. The van der Waals surface area contributed by atoms with Crippen LogP contribution >= 0.6 is 23.4 Å². The summed E-state index contributed by atoms with van der Waals surface area (Å²) >= 11 is 7.66. The summed E-state index contributed by atoms with van der Waals surface area (Å²) in [6.45, 7) is 2.26. The molecule has 0 radical (unpaired) electrons. The quantitative estimate of drug-likeness (QED) is 0.634.